The van der Waals surface area contributed by atoms with Crippen LogP contribution in [0.5, 0.6) is 5.75 Å². The van der Waals surface area contributed by atoms with Crippen molar-refractivity contribution < 1.29 is 23.1 Å². The number of hydrogen-bond acceptors (Lipinski definition) is 3. The summed E-state index contributed by atoms with van der Waals surface area (Å²) in [6, 6.07) is 9.60. The van der Waals surface area contributed by atoms with E-state index in [2.05, 4.69) is 5.32 Å². The summed E-state index contributed by atoms with van der Waals surface area (Å²) in [5, 5.41) is 2.28. The van der Waals surface area contributed by atoms with Gasteiger partial charge in [-0.05, 0) is 42.8 Å². The first-order valence-electron chi connectivity index (χ1n) is 6.46. The molecule has 0 atom stereocenters. The van der Waals surface area contributed by atoms with Gasteiger partial charge in [-0.2, -0.15) is 0 Å². The molecule has 0 bridgehead atoms. The van der Waals surface area contributed by atoms with Gasteiger partial charge in [-0.1, -0.05) is 12.1 Å². The lowest BCUT2D eigenvalue weighted by Crippen LogP contribution is -2.32. The Labute approximate surface area is 125 Å². The lowest BCUT2D eigenvalue weighted by molar-refractivity contribution is -0.133. The molecule has 2 rings (SSSR count). The van der Waals surface area contributed by atoms with E-state index in [1.54, 1.807) is 18.2 Å². The number of aryl methyl sites for hydroxylation is 1. The lowest BCUT2D eigenvalue weighted by atomic mass is 10.2. The molecule has 0 fully saturated rings. The zero-order chi connectivity index (χ0) is 16.1. The molecule has 0 saturated heterocycles. The summed E-state index contributed by atoms with van der Waals surface area (Å²) in [6.07, 6.45) is 0. The van der Waals surface area contributed by atoms with Crippen molar-refractivity contribution in [2.75, 3.05) is 6.54 Å². The number of carbonyl (C=O) groups excluding carboxylic acids is 2. The molecule has 22 heavy (non-hydrogen) atoms. The minimum absolute atomic E-state index is 0.0812. The number of carbonyl (C=O) groups is 2. The van der Waals surface area contributed by atoms with Crippen molar-refractivity contribution in [2.45, 2.75) is 6.92 Å². The molecular weight excluding hydrogens is 292 g/mol. The zero-order valence-corrected chi connectivity index (χ0v) is 11.7. The van der Waals surface area contributed by atoms with Gasteiger partial charge in [0, 0.05) is 5.56 Å². The molecule has 0 radical (unpaired) electrons. The largest absolute Gasteiger partial charge is 0.425 e. The van der Waals surface area contributed by atoms with Crippen molar-refractivity contribution in [2.24, 2.45) is 0 Å². The Morgan fingerprint density at radius 2 is 1.86 bits per heavy atom. The number of halogens is 2. The molecule has 4 nitrogen and oxygen atoms in total. The van der Waals surface area contributed by atoms with Crippen LogP contribution in [-0.4, -0.2) is 18.4 Å². The Hall–Kier alpha value is -2.76. The molecule has 0 aliphatic rings. The SMILES string of the molecule is Cc1cccc(OC(=O)CNC(=O)c2ccc(F)c(F)c2)c1. The number of rotatable bonds is 4. The highest BCUT2D eigenvalue weighted by Crippen LogP contribution is 2.12. The molecule has 0 saturated carbocycles. The predicted molar refractivity (Wildman–Crippen MR) is 75.5 cm³/mol. The van der Waals surface area contributed by atoms with Crippen LogP contribution in [0, 0.1) is 18.6 Å². The standard InChI is InChI=1S/C16H13F2NO3/c1-10-3-2-4-12(7-10)22-15(20)9-19-16(21)11-5-6-13(17)14(18)8-11/h2-8H,9H2,1H3,(H,19,21). The zero-order valence-electron chi connectivity index (χ0n) is 11.7. The monoisotopic (exact) mass is 305 g/mol. The average molecular weight is 305 g/mol. The highest BCUT2D eigenvalue weighted by Gasteiger charge is 2.12. The van der Waals surface area contributed by atoms with Crippen LogP contribution in [0.15, 0.2) is 42.5 Å². The van der Waals surface area contributed by atoms with E-state index in [9.17, 15) is 18.4 Å². The molecule has 0 spiro atoms. The third-order valence-electron chi connectivity index (χ3n) is 2.80. The highest BCUT2D eigenvalue weighted by molar-refractivity contribution is 5.96. The Morgan fingerprint density at radius 3 is 2.55 bits per heavy atom. The minimum atomic E-state index is -1.13. The maximum atomic E-state index is 13.0. The summed E-state index contributed by atoms with van der Waals surface area (Å²) < 4.78 is 30.8. The molecule has 2 aromatic carbocycles. The number of esters is 1. The minimum Gasteiger partial charge on any atom is -0.425 e. The fourth-order valence-electron chi connectivity index (χ4n) is 1.74. The molecule has 1 amide bonds. The van der Waals surface area contributed by atoms with Gasteiger partial charge in [-0.15, -0.1) is 0 Å². The normalized spacial score (nSPS) is 10.1. The van der Waals surface area contributed by atoms with Crippen LogP contribution in [0.2, 0.25) is 0 Å². The Balaban J connectivity index is 1.90. The Morgan fingerprint density at radius 1 is 1.09 bits per heavy atom. The van der Waals surface area contributed by atoms with Crippen LogP contribution >= 0.6 is 0 Å². The summed E-state index contributed by atoms with van der Waals surface area (Å²) in [5.41, 5.74) is 0.846. The highest BCUT2D eigenvalue weighted by atomic mass is 19.2. The molecule has 0 unspecified atom stereocenters. The molecule has 0 heterocycles. The van der Waals surface area contributed by atoms with Gasteiger partial charge in [0.05, 0.1) is 0 Å². The van der Waals surface area contributed by atoms with Gasteiger partial charge in [-0.25, -0.2) is 13.6 Å². The predicted octanol–water partition coefficient (Wildman–Crippen LogP) is 2.61. The maximum absolute atomic E-state index is 13.0. The second kappa shape index (κ2) is 6.80. The lowest BCUT2D eigenvalue weighted by Gasteiger charge is -2.07. The molecular formula is C16H13F2NO3. The summed E-state index contributed by atoms with van der Waals surface area (Å²) in [5.74, 6) is -3.17. The van der Waals surface area contributed by atoms with Gasteiger partial charge in [0.15, 0.2) is 11.6 Å². The van der Waals surface area contributed by atoms with E-state index in [4.69, 9.17) is 4.74 Å². The van der Waals surface area contributed by atoms with Gasteiger partial charge in [0.2, 0.25) is 0 Å². The van der Waals surface area contributed by atoms with Crippen molar-refractivity contribution in [3.63, 3.8) is 0 Å². The fraction of sp³-hybridized carbons (Fsp3) is 0.125. The molecule has 114 valence electrons. The van der Waals surface area contributed by atoms with Crippen LogP contribution in [-0.2, 0) is 4.79 Å². The maximum Gasteiger partial charge on any atom is 0.330 e. The van der Waals surface area contributed by atoms with Gasteiger partial charge in [0.25, 0.3) is 5.91 Å². The van der Waals surface area contributed by atoms with Gasteiger partial charge in [0.1, 0.15) is 12.3 Å². The van der Waals surface area contributed by atoms with Gasteiger partial charge >= 0.3 is 5.97 Å². The van der Waals surface area contributed by atoms with Crippen LogP contribution < -0.4 is 10.1 Å². The molecule has 1 N–H and O–H groups in total. The van der Waals surface area contributed by atoms with E-state index < -0.39 is 23.5 Å². The molecule has 0 aliphatic carbocycles. The number of amides is 1. The van der Waals surface area contributed by atoms with Gasteiger partial charge < -0.3 is 10.1 Å². The van der Waals surface area contributed by atoms with Crippen molar-refractivity contribution in [1.29, 1.82) is 0 Å². The number of ether oxygens (including phenoxy) is 1. The summed E-state index contributed by atoms with van der Waals surface area (Å²) >= 11 is 0. The van der Waals surface area contributed by atoms with E-state index >= 15 is 0 Å². The van der Waals surface area contributed by atoms with Crippen molar-refractivity contribution in [1.82, 2.24) is 5.32 Å². The third-order valence-corrected chi connectivity index (χ3v) is 2.80. The summed E-state index contributed by atoms with van der Waals surface area (Å²) in [4.78, 5) is 23.3. The molecule has 0 aliphatic heterocycles. The second-order valence-corrected chi connectivity index (χ2v) is 4.60. The van der Waals surface area contributed by atoms with E-state index in [0.29, 0.717) is 5.75 Å². The topological polar surface area (TPSA) is 55.4 Å². The van der Waals surface area contributed by atoms with Crippen molar-refractivity contribution >= 4 is 11.9 Å². The van der Waals surface area contributed by atoms with Crippen LogP contribution in [0.1, 0.15) is 15.9 Å². The van der Waals surface area contributed by atoms with E-state index in [0.717, 1.165) is 23.8 Å². The average Bonchev–Trinajstić information content (AvgIpc) is 2.47. The van der Waals surface area contributed by atoms with Crippen molar-refractivity contribution in [3.8, 4) is 5.75 Å². The van der Waals surface area contributed by atoms with Crippen molar-refractivity contribution in [3.05, 3.63) is 65.2 Å². The smallest absolute Gasteiger partial charge is 0.330 e. The fourth-order valence-corrected chi connectivity index (χ4v) is 1.74. The number of hydrogen-bond donors (Lipinski definition) is 1. The molecule has 0 aromatic heterocycles. The first kappa shape index (κ1) is 15.6. The third kappa shape index (κ3) is 4.12. The van der Waals surface area contributed by atoms with Crippen LogP contribution in [0.3, 0.4) is 0 Å². The molecule has 2 aromatic rings. The number of benzene rings is 2. The van der Waals surface area contributed by atoms with E-state index in [-0.39, 0.29) is 12.1 Å². The van der Waals surface area contributed by atoms with Crippen LogP contribution in [0.25, 0.3) is 0 Å². The van der Waals surface area contributed by atoms with Gasteiger partial charge in [-0.3, -0.25) is 4.79 Å². The summed E-state index contributed by atoms with van der Waals surface area (Å²) in [6.45, 7) is 1.47. The summed E-state index contributed by atoms with van der Waals surface area (Å²) in [7, 11) is 0. The molecule has 6 heteroatoms. The Kier molecular flexibility index (Phi) is 4.83. The quantitative estimate of drug-likeness (QED) is 0.698. The van der Waals surface area contributed by atoms with E-state index in [1.807, 2.05) is 13.0 Å². The first-order valence-corrected chi connectivity index (χ1v) is 6.46. The number of nitrogens with one attached hydrogen (secondary N) is 1. The Bertz CT molecular complexity index is 716. The van der Waals surface area contributed by atoms with E-state index in [1.165, 1.54) is 0 Å². The second-order valence-electron chi connectivity index (χ2n) is 4.60. The first-order chi connectivity index (χ1) is 10.5. The van der Waals surface area contributed by atoms with Crippen LogP contribution in [0.4, 0.5) is 8.78 Å².